The molecule has 1 aliphatic heterocycles. The van der Waals surface area contributed by atoms with E-state index >= 15 is 0 Å². The maximum absolute atomic E-state index is 5.42. The van der Waals surface area contributed by atoms with Crippen molar-refractivity contribution in [1.82, 2.24) is 19.9 Å². The smallest absolute Gasteiger partial charge is 0.227 e. The van der Waals surface area contributed by atoms with Crippen molar-refractivity contribution in [1.29, 1.82) is 0 Å². The van der Waals surface area contributed by atoms with Crippen LogP contribution in [-0.4, -0.2) is 46.2 Å². The van der Waals surface area contributed by atoms with Crippen LogP contribution >= 0.6 is 0 Å². The lowest BCUT2D eigenvalue weighted by atomic mass is 10.1. The zero-order valence-electron chi connectivity index (χ0n) is 15.8. The summed E-state index contributed by atoms with van der Waals surface area (Å²) in [5.74, 6) is 0.556. The maximum atomic E-state index is 5.42. The van der Waals surface area contributed by atoms with Gasteiger partial charge in [0.2, 0.25) is 5.95 Å². The van der Waals surface area contributed by atoms with Crippen molar-refractivity contribution in [3.8, 4) is 11.3 Å². The van der Waals surface area contributed by atoms with Crippen LogP contribution in [0.4, 0.5) is 17.3 Å². The molecule has 7 heteroatoms. The molecule has 5 rings (SSSR count). The van der Waals surface area contributed by atoms with Gasteiger partial charge < -0.3 is 15.0 Å². The zero-order valence-corrected chi connectivity index (χ0v) is 15.8. The molecule has 2 aromatic carbocycles. The van der Waals surface area contributed by atoms with Crippen molar-refractivity contribution < 1.29 is 4.74 Å². The molecule has 29 heavy (non-hydrogen) atoms. The fraction of sp³-hybridized carbons (Fsp3) is 0.182. The number of nitrogens with zero attached hydrogens (tertiary/aromatic N) is 5. The summed E-state index contributed by atoms with van der Waals surface area (Å²) >= 11 is 0. The van der Waals surface area contributed by atoms with Crippen molar-refractivity contribution in [3.05, 3.63) is 67.1 Å². The Labute approximate surface area is 168 Å². The molecule has 144 valence electrons. The van der Waals surface area contributed by atoms with Crippen LogP contribution in [0, 0.1) is 0 Å². The van der Waals surface area contributed by atoms with E-state index in [9.17, 15) is 0 Å². The average molecular weight is 384 g/mol. The second kappa shape index (κ2) is 7.81. The molecule has 0 radical (unpaired) electrons. The summed E-state index contributed by atoms with van der Waals surface area (Å²) in [5, 5.41) is 3.29. The van der Waals surface area contributed by atoms with Crippen LogP contribution in [-0.2, 0) is 4.74 Å². The average Bonchev–Trinajstić information content (AvgIpc) is 2.80. The van der Waals surface area contributed by atoms with Gasteiger partial charge in [0.05, 0.1) is 29.9 Å². The minimum absolute atomic E-state index is 0.556. The van der Waals surface area contributed by atoms with Gasteiger partial charge >= 0.3 is 0 Å². The van der Waals surface area contributed by atoms with E-state index in [4.69, 9.17) is 4.74 Å². The van der Waals surface area contributed by atoms with Crippen molar-refractivity contribution >= 4 is 28.4 Å². The second-order valence-electron chi connectivity index (χ2n) is 6.80. The standard InChI is InChI=1S/C22H20N6O/c1-6-20-21(24-10-9-23-20)15-16(1)19-7-8-25-22(27-19)26-17-2-4-18(5-3-17)28-11-13-29-14-12-28/h1-10,15H,11-14H2,(H,25,26,27). The van der Waals surface area contributed by atoms with Crippen LogP contribution in [0.1, 0.15) is 0 Å². The molecule has 1 aliphatic rings. The summed E-state index contributed by atoms with van der Waals surface area (Å²) in [6.07, 6.45) is 5.15. The van der Waals surface area contributed by atoms with Gasteiger partial charge in [0.1, 0.15) is 0 Å². The van der Waals surface area contributed by atoms with Gasteiger partial charge in [-0.3, -0.25) is 9.97 Å². The van der Waals surface area contributed by atoms with Crippen molar-refractivity contribution in [3.63, 3.8) is 0 Å². The number of ether oxygens (including phenoxy) is 1. The first-order chi connectivity index (χ1) is 14.3. The van der Waals surface area contributed by atoms with E-state index in [-0.39, 0.29) is 0 Å². The van der Waals surface area contributed by atoms with Crippen LogP contribution in [0.25, 0.3) is 22.3 Å². The molecule has 0 saturated carbocycles. The van der Waals surface area contributed by atoms with Gasteiger partial charge in [0, 0.05) is 48.6 Å². The number of aromatic nitrogens is 4. The van der Waals surface area contributed by atoms with E-state index in [0.29, 0.717) is 5.95 Å². The molecular weight excluding hydrogens is 364 g/mol. The summed E-state index contributed by atoms with van der Waals surface area (Å²) in [6.45, 7) is 3.41. The highest BCUT2D eigenvalue weighted by Crippen LogP contribution is 2.24. The number of hydrogen-bond donors (Lipinski definition) is 1. The number of morpholine rings is 1. The van der Waals surface area contributed by atoms with Crippen LogP contribution in [0.2, 0.25) is 0 Å². The number of fused-ring (bicyclic) bond motifs is 1. The summed E-state index contributed by atoms with van der Waals surface area (Å²) in [4.78, 5) is 20.0. The molecule has 3 heterocycles. The van der Waals surface area contributed by atoms with Crippen LogP contribution in [0.15, 0.2) is 67.1 Å². The third-order valence-corrected chi connectivity index (χ3v) is 4.92. The summed E-state index contributed by atoms with van der Waals surface area (Å²) in [6, 6.07) is 16.2. The number of benzene rings is 2. The van der Waals surface area contributed by atoms with Crippen LogP contribution in [0.3, 0.4) is 0 Å². The number of hydrogen-bond acceptors (Lipinski definition) is 7. The van der Waals surface area contributed by atoms with E-state index in [1.807, 2.05) is 36.4 Å². The Morgan fingerprint density at radius 2 is 1.59 bits per heavy atom. The molecule has 2 aromatic heterocycles. The molecule has 0 atom stereocenters. The third kappa shape index (κ3) is 3.86. The maximum Gasteiger partial charge on any atom is 0.227 e. The zero-order chi connectivity index (χ0) is 19.5. The molecule has 7 nitrogen and oxygen atoms in total. The van der Waals surface area contributed by atoms with Crippen molar-refractivity contribution in [2.75, 3.05) is 36.5 Å². The van der Waals surface area contributed by atoms with E-state index in [0.717, 1.165) is 54.3 Å². The number of nitrogens with one attached hydrogen (secondary N) is 1. The lowest BCUT2D eigenvalue weighted by molar-refractivity contribution is 0.122. The van der Waals surface area contributed by atoms with Gasteiger partial charge in [-0.1, -0.05) is 6.07 Å². The Morgan fingerprint density at radius 3 is 2.41 bits per heavy atom. The molecule has 1 N–H and O–H groups in total. The molecule has 0 bridgehead atoms. The number of rotatable bonds is 4. The third-order valence-electron chi connectivity index (χ3n) is 4.92. The molecule has 0 unspecified atom stereocenters. The van der Waals surface area contributed by atoms with E-state index in [2.05, 4.69) is 42.3 Å². The lowest BCUT2D eigenvalue weighted by Crippen LogP contribution is -2.36. The Morgan fingerprint density at radius 1 is 0.793 bits per heavy atom. The van der Waals surface area contributed by atoms with Crippen molar-refractivity contribution in [2.45, 2.75) is 0 Å². The van der Waals surface area contributed by atoms with Gasteiger partial charge in [-0.2, -0.15) is 0 Å². The minimum Gasteiger partial charge on any atom is -0.378 e. The van der Waals surface area contributed by atoms with Gasteiger partial charge in [-0.15, -0.1) is 0 Å². The van der Waals surface area contributed by atoms with E-state index < -0.39 is 0 Å². The first kappa shape index (κ1) is 17.5. The normalized spacial score (nSPS) is 14.1. The topological polar surface area (TPSA) is 76.1 Å². The van der Waals surface area contributed by atoms with Gasteiger partial charge in [-0.25, -0.2) is 9.97 Å². The molecule has 1 saturated heterocycles. The highest BCUT2D eigenvalue weighted by molar-refractivity contribution is 5.80. The van der Waals surface area contributed by atoms with Crippen LogP contribution in [0.5, 0.6) is 0 Å². The summed E-state index contributed by atoms with van der Waals surface area (Å²) in [7, 11) is 0. The molecule has 1 fully saturated rings. The Hall–Kier alpha value is -3.58. The predicted octanol–water partition coefficient (Wildman–Crippen LogP) is 3.67. The van der Waals surface area contributed by atoms with Gasteiger partial charge in [-0.05, 0) is 42.5 Å². The second-order valence-corrected chi connectivity index (χ2v) is 6.80. The minimum atomic E-state index is 0.556. The fourth-order valence-electron chi connectivity index (χ4n) is 3.41. The molecule has 0 amide bonds. The quantitative estimate of drug-likeness (QED) is 0.575. The van der Waals surface area contributed by atoms with Crippen LogP contribution < -0.4 is 10.2 Å². The van der Waals surface area contributed by atoms with Gasteiger partial charge in [0.25, 0.3) is 0 Å². The SMILES string of the molecule is c1cc(-c2ccc3nccnc3c2)nc(Nc2ccc(N3CCOCC3)cc2)n1. The summed E-state index contributed by atoms with van der Waals surface area (Å²) in [5.41, 5.74) is 5.67. The largest absolute Gasteiger partial charge is 0.378 e. The first-order valence-corrected chi connectivity index (χ1v) is 9.59. The molecule has 0 spiro atoms. The lowest BCUT2D eigenvalue weighted by Gasteiger charge is -2.28. The van der Waals surface area contributed by atoms with Crippen molar-refractivity contribution in [2.24, 2.45) is 0 Å². The highest BCUT2D eigenvalue weighted by Gasteiger charge is 2.11. The Kier molecular flexibility index (Phi) is 4.72. The number of anilines is 3. The Balaban J connectivity index is 1.35. The predicted molar refractivity (Wildman–Crippen MR) is 113 cm³/mol. The monoisotopic (exact) mass is 384 g/mol. The van der Waals surface area contributed by atoms with E-state index in [1.165, 1.54) is 5.69 Å². The van der Waals surface area contributed by atoms with Gasteiger partial charge in [0.15, 0.2) is 0 Å². The molecular formula is C22H20N6O. The summed E-state index contributed by atoms with van der Waals surface area (Å²) < 4.78 is 5.42. The molecule has 0 aliphatic carbocycles. The highest BCUT2D eigenvalue weighted by atomic mass is 16.5. The first-order valence-electron chi connectivity index (χ1n) is 9.59. The molecule has 4 aromatic rings. The fourth-order valence-corrected chi connectivity index (χ4v) is 3.41. The van der Waals surface area contributed by atoms with E-state index in [1.54, 1.807) is 18.6 Å². The Bertz CT molecular complexity index is 1130.